The SMILES string of the molecule is CC(=O)N[C@@H](CC(=O)Nc1ccc2oc(=O)[nH]c2c1)c1cccs1. The van der Waals surface area contributed by atoms with Crippen LogP contribution in [0.3, 0.4) is 0 Å². The quantitative estimate of drug-likeness (QED) is 0.660. The zero-order chi connectivity index (χ0) is 17.1. The highest BCUT2D eigenvalue weighted by atomic mass is 32.1. The van der Waals surface area contributed by atoms with Crippen molar-refractivity contribution < 1.29 is 14.0 Å². The Morgan fingerprint density at radius 1 is 1.33 bits per heavy atom. The number of oxazole rings is 1. The third-order valence-corrected chi connectivity index (χ3v) is 4.34. The van der Waals surface area contributed by atoms with Crippen LogP contribution in [0.5, 0.6) is 0 Å². The molecule has 0 aliphatic carbocycles. The number of anilines is 1. The molecule has 24 heavy (non-hydrogen) atoms. The van der Waals surface area contributed by atoms with Crippen LogP contribution in [0.2, 0.25) is 0 Å². The lowest BCUT2D eigenvalue weighted by Gasteiger charge is -2.16. The van der Waals surface area contributed by atoms with Gasteiger partial charge in [0.2, 0.25) is 11.8 Å². The molecule has 0 aliphatic heterocycles. The lowest BCUT2D eigenvalue weighted by Crippen LogP contribution is -2.29. The Labute approximate surface area is 140 Å². The van der Waals surface area contributed by atoms with Gasteiger partial charge in [-0.2, -0.15) is 0 Å². The third-order valence-electron chi connectivity index (χ3n) is 3.36. The minimum atomic E-state index is -0.545. The summed E-state index contributed by atoms with van der Waals surface area (Å²) in [5.74, 6) is -0.983. The summed E-state index contributed by atoms with van der Waals surface area (Å²) in [5, 5.41) is 7.43. The second-order valence-corrected chi connectivity index (χ2v) is 6.23. The lowest BCUT2D eigenvalue weighted by atomic mass is 10.1. The molecule has 8 heteroatoms. The van der Waals surface area contributed by atoms with Crippen molar-refractivity contribution in [3.63, 3.8) is 0 Å². The van der Waals surface area contributed by atoms with E-state index in [4.69, 9.17) is 4.42 Å². The van der Waals surface area contributed by atoms with Crippen molar-refractivity contribution in [3.05, 3.63) is 51.1 Å². The molecule has 0 aliphatic rings. The number of carbonyl (C=O) groups excluding carboxylic acids is 2. The number of H-pyrrole nitrogens is 1. The van der Waals surface area contributed by atoms with E-state index in [0.717, 1.165) is 4.88 Å². The smallest absolute Gasteiger partial charge is 0.408 e. The summed E-state index contributed by atoms with van der Waals surface area (Å²) in [5.41, 5.74) is 1.47. The number of hydrogen-bond donors (Lipinski definition) is 3. The summed E-state index contributed by atoms with van der Waals surface area (Å²) in [6, 6.07) is 8.25. The van der Waals surface area contributed by atoms with Gasteiger partial charge in [-0.05, 0) is 29.6 Å². The van der Waals surface area contributed by atoms with E-state index >= 15 is 0 Å². The van der Waals surface area contributed by atoms with Gasteiger partial charge in [-0.25, -0.2) is 4.79 Å². The molecule has 0 bridgehead atoms. The van der Waals surface area contributed by atoms with Crippen LogP contribution in [0.15, 0.2) is 44.9 Å². The first kappa shape index (κ1) is 16.0. The van der Waals surface area contributed by atoms with Gasteiger partial charge < -0.3 is 15.1 Å². The van der Waals surface area contributed by atoms with Gasteiger partial charge in [-0.3, -0.25) is 14.6 Å². The maximum atomic E-state index is 12.3. The molecule has 3 rings (SSSR count). The molecule has 2 aromatic heterocycles. The Morgan fingerprint density at radius 2 is 2.17 bits per heavy atom. The summed E-state index contributed by atoms with van der Waals surface area (Å²) in [7, 11) is 0. The van der Waals surface area contributed by atoms with E-state index in [-0.39, 0.29) is 24.3 Å². The molecule has 0 saturated carbocycles. The Balaban J connectivity index is 1.72. The third kappa shape index (κ3) is 3.72. The molecule has 0 spiro atoms. The second kappa shape index (κ2) is 6.71. The molecule has 0 radical (unpaired) electrons. The fourth-order valence-electron chi connectivity index (χ4n) is 2.38. The fourth-order valence-corrected chi connectivity index (χ4v) is 3.16. The molecule has 0 unspecified atom stereocenters. The van der Waals surface area contributed by atoms with Crippen LogP contribution in [0.1, 0.15) is 24.3 Å². The van der Waals surface area contributed by atoms with Gasteiger partial charge in [0.15, 0.2) is 5.58 Å². The van der Waals surface area contributed by atoms with E-state index in [2.05, 4.69) is 15.6 Å². The number of nitrogens with one attached hydrogen (secondary N) is 3. The number of amides is 2. The average molecular weight is 345 g/mol. The summed E-state index contributed by atoms with van der Waals surface area (Å²) < 4.78 is 4.92. The van der Waals surface area contributed by atoms with Crippen molar-refractivity contribution in [3.8, 4) is 0 Å². The van der Waals surface area contributed by atoms with Crippen LogP contribution < -0.4 is 16.4 Å². The average Bonchev–Trinajstić information content (AvgIpc) is 3.13. The predicted molar refractivity (Wildman–Crippen MR) is 91.0 cm³/mol. The van der Waals surface area contributed by atoms with Gasteiger partial charge >= 0.3 is 5.76 Å². The van der Waals surface area contributed by atoms with E-state index in [0.29, 0.717) is 16.8 Å². The predicted octanol–water partition coefficient (Wildman–Crippen LogP) is 2.39. The topological polar surface area (TPSA) is 104 Å². The van der Waals surface area contributed by atoms with Crippen molar-refractivity contribution in [2.75, 3.05) is 5.32 Å². The second-order valence-electron chi connectivity index (χ2n) is 5.25. The van der Waals surface area contributed by atoms with Crippen molar-refractivity contribution in [1.82, 2.24) is 10.3 Å². The molecular formula is C16H15N3O4S. The molecule has 3 aromatic rings. The van der Waals surface area contributed by atoms with Crippen molar-refractivity contribution >= 4 is 39.9 Å². The largest absolute Gasteiger partial charge is 0.417 e. The summed E-state index contributed by atoms with van der Waals surface area (Å²) in [6.07, 6.45) is 0.111. The van der Waals surface area contributed by atoms with Gasteiger partial charge in [0.25, 0.3) is 0 Å². The van der Waals surface area contributed by atoms with Crippen LogP contribution in [-0.2, 0) is 9.59 Å². The summed E-state index contributed by atoms with van der Waals surface area (Å²) >= 11 is 1.48. The fraction of sp³-hybridized carbons (Fsp3) is 0.188. The van der Waals surface area contributed by atoms with Gasteiger partial charge in [0, 0.05) is 17.5 Å². The van der Waals surface area contributed by atoms with Gasteiger partial charge in [-0.15, -0.1) is 11.3 Å². The molecule has 1 atom stereocenters. The first-order valence-electron chi connectivity index (χ1n) is 7.24. The van der Waals surface area contributed by atoms with Crippen LogP contribution in [-0.4, -0.2) is 16.8 Å². The Bertz CT molecular complexity index is 926. The maximum absolute atomic E-state index is 12.3. The Hall–Kier alpha value is -2.87. The number of aromatic nitrogens is 1. The zero-order valence-electron chi connectivity index (χ0n) is 12.8. The van der Waals surface area contributed by atoms with Crippen LogP contribution >= 0.6 is 11.3 Å². The van der Waals surface area contributed by atoms with Gasteiger partial charge in [-0.1, -0.05) is 6.07 Å². The van der Waals surface area contributed by atoms with E-state index in [9.17, 15) is 14.4 Å². The molecule has 1 aromatic carbocycles. The number of aromatic amines is 1. The van der Waals surface area contributed by atoms with Crippen LogP contribution in [0, 0.1) is 0 Å². The van der Waals surface area contributed by atoms with Gasteiger partial charge in [0.1, 0.15) is 0 Å². The van der Waals surface area contributed by atoms with E-state index in [1.807, 2.05) is 17.5 Å². The molecule has 0 fully saturated rings. The standard InChI is InChI=1S/C16H15N3O4S/c1-9(20)17-12(14-3-2-6-24-14)8-15(21)18-10-4-5-13-11(7-10)19-16(22)23-13/h2-7,12H,8H2,1H3,(H,17,20)(H,18,21)(H,19,22)/t12-/m0/s1. The Kier molecular flexibility index (Phi) is 4.48. The molecular weight excluding hydrogens is 330 g/mol. The molecule has 124 valence electrons. The van der Waals surface area contributed by atoms with Crippen LogP contribution in [0.25, 0.3) is 11.1 Å². The number of thiophene rings is 1. The normalized spacial score (nSPS) is 12.0. The van der Waals surface area contributed by atoms with Crippen molar-refractivity contribution in [2.24, 2.45) is 0 Å². The number of benzene rings is 1. The molecule has 2 amide bonds. The molecule has 7 nitrogen and oxygen atoms in total. The Morgan fingerprint density at radius 3 is 2.88 bits per heavy atom. The number of fused-ring (bicyclic) bond motifs is 1. The first-order valence-corrected chi connectivity index (χ1v) is 8.12. The maximum Gasteiger partial charge on any atom is 0.417 e. The minimum Gasteiger partial charge on any atom is -0.408 e. The molecule has 0 saturated heterocycles. The van der Waals surface area contributed by atoms with Crippen LogP contribution in [0.4, 0.5) is 5.69 Å². The number of hydrogen-bond acceptors (Lipinski definition) is 5. The highest BCUT2D eigenvalue weighted by molar-refractivity contribution is 7.10. The first-order chi connectivity index (χ1) is 11.5. The summed E-state index contributed by atoms with van der Waals surface area (Å²) in [6.45, 7) is 1.42. The highest BCUT2D eigenvalue weighted by Gasteiger charge is 2.18. The monoisotopic (exact) mass is 345 g/mol. The number of rotatable bonds is 5. The minimum absolute atomic E-state index is 0.111. The molecule has 3 N–H and O–H groups in total. The van der Waals surface area contributed by atoms with E-state index in [1.54, 1.807) is 18.2 Å². The van der Waals surface area contributed by atoms with E-state index < -0.39 is 5.76 Å². The van der Waals surface area contributed by atoms with Crippen molar-refractivity contribution in [2.45, 2.75) is 19.4 Å². The van der Waals surface area contributed by atoms with Crippen molar-refractivity contribution in [1.29, 1.82) is 0 Å². The lowest BCUT2D eigenvalue weighted by molar-refractivity contribution is -0.120. The zero-order valence-corrected chi connectivity index (χ0v) is 13.6. The molecule has 2 heterocycles. The summed E-state index contributed by atoms with van der Waals surface area (Å²) in [4.78, 5) is 38.2. The number of carbonyl (C=O) groups is 2. The van der Waals surface area contributed by atoms with E-state index in [1.165, 1.54) is 18.3 Å². The van der Waals surface area contributed by atoms with Gasteiger partial charge in [0.05, 0.1) is 18.0 Å². The highest BCUT2D eigenvalue weighted by Crippen LogP contribution is 2.23.